The van der Waals surface area contributed by atoms with Crippen LogP contribution in [0.3, 0.4) is 0 Å². The van der Waals surface area contributed by atoms with E-state index in [2.05, 4.69) is 29.3 Å². The van der Waals surface area contributed by atoms with Crippen LogP contribution in [-0.2, 0) is 0 Å². The Kier molecular flexibility index (Phi) is 5.83. The Labute approximate surface area is 186 Å². The number of carbonyl (C=O) groups is 1. The lowest BCUT2D eigenvalue weighted by Crippen LogP contribution is -2.47. The molecule has 0 radical (unpaired) electrons. The lowest BCUT2D eigenvalue weighted by atomic mass is 9.94. The van der Waals surface area contributed by atoms with E-state index in [4.69, 9.17) is 16.1 Å². The number of carbonyl (C=O) groups excluding carboxylic acids is 1. The van der Waals surface area contributed by atoms with Crippen molar-refractivity contribution in [3.63, 3.8) is 0 Å². The van der Waals surface area contributed by atoms with Gasteiger partial charge in [0.2, 0.25) is 5.82 Å². The van der Waals surface area contributed by atoms with E-state index in [0.29, 0.717) is 29.2 Å². The van der Waals surface area contributed by atoms with E-state index >= 15 is 0 Å². The number of rotatable bonds is 5. The molecule has 3 aromatic rings. The van der Waals surface area contributed by atoms with Gasteiger partial charge in [0.1, 0.15) is 0 Å². The molecule has 1 aliphatic rings. The maximum atomic E-state index is 12.9. The van der Waals surface area contributed by atoms with E-state index in [1.807, 2.05) is 56.3 Å². The Hall–Kier alpha value is -3.12. The molecule has 6 nitrogen and oxygen atoms in total. The summed E-state index contributed by atoms with van der Waals surface area (Å²) in [6, 6.07) is 14.8. The number of amides is 2. The number of aromatic nitrogens is 2. The van der Waals surface area contributed by atoms with Crippen molar-refractivity contribution in [2.45, 2.75) is 33.7 Å². The SMILES string of the molecule is CC1=C(c2nc(-c3ccc(C)cc3)no2)C(c2cccc(Cl)c2)NC(=O)N1CC(C)C. The van der Waals surface area contributed by atoms with Crippen LogP contribution < -0.4 is 5.32 Å². The van der Waals surface area contributed by atoms with Gasteiger partial charge in [0.05, 0.1) is 11.6 Å². The van der Waals surface area contributed by atoms with E-state index in [1.54, 1.807) is 11.0 Å². The molecule has 4 rings (SSSR count). The van der Waals surface area contributed by atoms with Crippen molar-refractivity contribution in [3.8, 4) is 11.4 Å². The highest BCUT2D eigenvalue weighted by Crippen LogP contribution is 2.38. The molecule has 1 N–H and O–H groups in total. The molecule has 0 bridgehead atoms. The van der Waals surface area contributed by atoms with Crippen LogP contribution in [0.2, 0.25) is 5.02 Å². The molecule has 0 aliphatic carbocycles. The van der Waals surface area contributed by atoms with Gasteiger partial charge in [-0.2, -0.15) is 4.98 Å². The molecule has 1 aromatic heterocycles. The quantitative estimate of drug-likeness (QED) is 0.544. The number of aryl methyl sites for hydroxylation is 1. The van der Waals surface area contributed by atoms with Gasteiger partial charge in [-0.1, -0.05) is 72.6 Å². The molecule has 2 heterocycles. The summed E-state index contributed by atoms with van der Waals surface area (Å²) >= 11 is 6.23. The molecular formula is C24H25ClN4O2. The molecule has 0 spiro atoms. The maximum Gasteiger partial charge on any atom is 0.322 e. The second-order valence-electron chi connectivity index (χ2n) is 8.23. The van der Waals surface area contributed by atoms with E-state index in [9.17, 15) is 4.79 Å². The molecule has 1 atom stereocenters. The van der Waals surface area contributed by atoms with E-state index in [0.717, 1.165) is 28.0 Å². The highest BCUT2D eigenvalue weighted by molar-refractivity contribution is 6.30. The van der Waals surface area contributed by atoms with E-state index < -0.39 is 6.04 Å². The first kappa shape index (κ1) is 21.1. The summed E-state index contributed by atoms with van der Waals surface area (Å²) in [5.41, 5.74) is 4.45. The van der Waals surface area contributed by atoms with Gasteiger partial charge < -0.3 is 9.84 Å². The van der Waals surface area contributed by atoms with Crippen molar-refractivity contribution in [1.82, 2.24) is 20.4 Å². The number of urea groups is 1. The number of hydrogen-bond acceptors (Lipinski definition) is 4. The fraction of sp³-hybridized carbons (Fsp3) is 0.292. The molecule has 160 valence electrons. The summed E-state index contributed by atoms with van der Waals surface area (Å²) in [5, 5.41) is 7.89. The zero-order chi connectivity index (χ0) is 22.1. The predicted molar refractivity (Wildman–Crippen MR) is 121 cm³/mol. The van der Waals surface area contributed by atoms with Crippen molar-refractivity contribution < 1.29 is 9.32 Å². The molecule has 2 aromatic carbocycles. The third kappa shape index (κ3) is 4.35. The van der Waals surface area contributed by atoms with Crippen LogP contribution in [0.15, 0.2) is 58.8 Å². The lowest BCUT2D eigenvalue weighted by molar-refractivity contribution is 0.199. The van der Waals surface area contributed by atoms with Gasteiger partial charge in [-0.15, -0.1) is 0 Å². The van der Waals surface area contributed by atoms with Gasteiger partial charge in [-0.25, -0.2) is 4.79 Å². The third-order valence-corrected chi connectivity index (χ3v) is 5.53. The summed E-state index contributed by atoms with van der Waals surface area (Å²) < 4.78 is 5.70. The van der Waals surface area contributed by atoms with Crippen LogP contribution in [-0.4, -0.2) is 27.6 Å². The standard InChI is InChI=1S/C24H25ClN4O2/c1-14(2)13-29-16(4)20(21(26-24(29)30)18-6-5-7-19(25)12-18)23-27-22(28-31-23)17-10-8-15(3)9-11-17/h5-12,14,21H,13H2,1-4H3,(H,26,30). The van der Waals surface area contributed by atoms with Gasteiger partial charge >= 0.3 is 6.03 Å². The summed E-state index contributed by atoms with van der Waals surface area (Å²) in [6.45, 7) is 8.69. The van der Waals surface area contributed by atoms with E-state index in [1.165, 1.54) is 0 Å². The summed E-state index contributed by atoms with van der Waals surface area (Å²) in [7, 11) is 0. The Morgan fingerprint density at radius 1 is 1.16 bits per heavy atom. The molecule has 1 unspecified atom stereocenters. The Bertz CT molecular complexity index is 1130. The first-order valence-corrected chi connectivity index (χ1v) is 10.7. The minimum atomic E-state index is -0.444. The minimum Gasteiger partial charge on any atom is -0.334 e. The molecular weight excluding hydrogens is 412 g/mol. The van der Waals surface area contributed by atoms with Gasteiger partial charge in [0, 0.05) is 22.8 Å². The van der Waals surface area contributed by atoms with Crippen molar-refractivity contribution in [2.75, 3.05) is 6.54 Å². The average molecular weight is 437 g/mol. The van der Waals surface area contributed by atoms with Gasteiger partial charge in [-0.05, 0) is 37.5 Å². The normalized spacial score (nSPS) is 16.8. The van der Waals surface area contributed by atoms with Crippen molar-refractivity contribution in [3.05, 3.63) is 76.3 Å². The van der Waals surface area contributed by atoms with Crippen LogP contribution in [0.5, 0.6) is 0 Å². The van der Waals surface area contributed by atoms with Crippen LogP contribution >= 0.6 is 11.6 Å². The molecule has 31 heavy (non-hydrogen) atoms. The maximum absolute atomic E-state index is 12.9. The fourth-order valence-electron chi connectivity index (χ4n) is 3.73. The fourth-order valence-corrected chi connectivity index (χ4v) is 3.93. The largest absolute Gasteiger partial charge is 0.334 e. The highest BCUT2D eigenvalue weighted by atomic mass is 35.5. The molecule has 0 fully saturated rings. The number of benzene rings is 2. The van der Waals surface area contributed by atoms with Gasteiger partial charge in [0.15, 0.2) is 0 Å². The van der Waals surface area contributed by atoms with Crippen LogP contribution in [0.4, 0.5) is 4.79 Å². The van der Waals surface area contributed by atoms with Crippen LogP contribution in [0.1, 0.15) is 43.8 Å². The third-order valence-electron chi connectivity index (χ3n) is 5.29. The topological polar surface area (TPSA) is 71.3 Å². The van der Waals surface area contributed by atoms with Crippen molar-refractivity contribution in [1.29, 1.82) is 0 Å². The monoisotopic (exact) mass is 436 g/mol. The zero-order valence-corrected chi connectivity index (χ0v) is 18.8. The first-order chi connectivity index (χ1) is 14.8. The van der Waals surface area contributed by atoms with E-state index in [-0.39, 0.29) is 6.03 Å². The lowest BCUT2D eigenvalue weighted by Gasteiger charge is -2.36. The number of halogens is 1. The number of hydrogen-bond donors (Lipinski definition) is 1. The Morgan fingerprint density at radius 2 is 1.90 bits per heavy atom. The van der Waals surface area contributed by atoms with Crippen LogP contribution in [0.25, 0.3) is 17.0 Å². The van der Waals surface area contributed by atoms with Crippen molar-refractivity contribution >= 4 is 23.2 Å². The highest BCUT2D eigenvalue weighted by Gasteiger charge is 2.36. The average Bonchev–Trinajstić information content (AvgIpc) is 3.20. The van der Waals surface area contributed by atoms with Gasteiger partial charge in [-0.3, -0.25) is 4.90 Å². The number of allylic oxidation sites excluding steroid dienone is 1. The van der Waals surface area contributed by atoms with Gasteiger partial charge in [0.25, 0.3) is 5.89 Å². The summed E-state index contributed by atoms with van der Waals surface area (Å²) in [6.07, 6.45) is 0. The smallest absolute Gasteiger partial charge is 0.322 e. The molecule has 7 heteroatoms. The summed E-state index contributed by atoms with van der Waals surface area (Å²) in [5.74, 6) is 1.19. The predicted octanol–water partition coefficient (Wildman–Crippen LogP) is 5.85. The number of nitrogens with one attached hydrogen (secondary N) is 1. The summed E-state index contributed by atoms with van der Waals surface area (Å²) in [4.78, 5) is 19.3. The Balaban J connectivity index is 1.82. The second-order valence-corrected chi connectivity index (χ2v) is 8.67. The van der Waals surface area contributed by atoms with Crippen LogP contribution in [0, 0.1) is 12.8 Å². The molecule has 1 aliphatic heterocycles. The first-order valence-electron chi connectivity index (χ1n) is 10.3. The Morgan fingerprint density at radius 3 is 2.58 bits per heavy atom. The number of nitrogens with zero attached hydrogens (tertiary/aromatic N) is 3. The molecule has 2 amide bonds. The second kappa shape index (κ2) is 8.55. The zero-order valence-electron chi connectivity index (χ0n) is 18.0. The minimum absolute atomic E-state index is 0.154. The molecule has 0 saturated heterocycles. The van der Waals surface area contributed by atoms with Crippen molar-refractivity contribution in [2.24, 2.45) is 5.92 Å². The molecule has 0 saturated carbocycles.